The highest BCUT2D eigenvalue weighted by atomic mass is 16.7. The average molecular weight is 341 g/mol. The largest absolute Gasteiger partial charge is 0.394 e. The predicted molar refractivity (Wildman–Crippen MR) is 76.7 cm³/mol. The van der Waals surface area contributed by atoms with Crippen molar-refractivity contribution in [2.24, 2.45) is 17.2 Å². The van der Waals surface area contributed by atoms with E-state index in [0.29, 0.717) is 0 Å². The van der Waals surface area contributed by atoms with E-state index in [1.54, 1.807) is 0 Å². The van der Waals surface area contributed by atoms with Gasteiger partial charge in [0.2, 0.25) is 0 Å². The summed E-state index contributed by atoms with van der Waals surface area (Å²) < 4.78 is 10.6. The van der Waals surface area contributed by atoms with Crippen LogP contribution in [0.4, 0.5) is 0 Å². The second-order valence-corrected chi connectivity index (χ2v) is 5.52. The number of nitrogens with two attached hydrogens (primary N) is 3. The lowest BCUT2D eigenvalue weighted by Gasteiger charge is -2.43. The van der Waals surface area contributed by atoms with Gasteiger partial charge in [0.1, 0.15) is 24.4 Å². The molecule has 12 N–H and O–H groups in total. The van der Waals surface area contributed by atoms with Crippen molar-refractivity contribution in [1.29, 1.82) is 0 Å². The van der Waals surface area contributed by atoms with E-state index in [4.69, 9.17) is 31.8 Å². The van der Waals surface area contributed by atoms with Gasteiger partial charge < -0.3 is 57.3 Å². The minimum atomic E-state index is -1.57. The highest BCUT2D eigenvalue weighted by Crippen LogP contribution is 2.23. The number of hydrogen-bond donors (Lipinski definition) is 9. The maximum absolute atomic E-state index is 9.97. The maximum Gasteiger partial charge on any atom is 0.187 e. The fourth-order valence-corrected chi connectivity index (χ4v) is 2.30. The molecule has 1 heterocycles. The third-order valence-corrected chi connectivity index (χ3v) is 3.86. The van der Waals surface area contributed by atoms with E-state index in [1.807, 2.05) is 0 Å². The molecule has 0 spiro atoms. The van der Waals surface area contributed by atoms with Crippen LogP contribution in [0.5, 0.6) is 0 Å². The molecule has 1 rings (SSSR count). The van der Waals surface area contributed by atoms with Crippen LogP contribution in [0.2, 0.25) is 0 Å². The van der Waals surface area contributed by atoms with E-state index >= 15 is 0 Å². The second-order valence-electron chi connectivity index (χ2n) is 5.52. The van der Waals surface area contributed by atoms with Crippen LogP contribution in [0.25, 0.3) is 0 Å². The summed E-state index contributed by atoms with van der Waals surface area (Å²) in [5.74, 6) is 0. The number of aliphatic hydroxyl groups excluding tert-OH is 6. The van der Waals surface area contributed by atoms with E-state index < -0.39 is 68.2 Å². The molecule has 11 heteroatoms. The van der Waals surface area contributed by atoms with Gasteiger partial charge in [-0.05, 0) is 0 Å². The normalized spacial score (nSPS) is 37.2. The first-order valence-corrected chi connectivity index (χ1v) is 7.24. The molecule has 0 bridgehead atoms. The Morgan fingerprint density at radius 2 is 1.70 bits per heavy atom. The standard InChI is InChI=1S/C12H27N3O8/c13-1-4(18)11(7(14)5(19)2-16)23-12-10(21)9(20)8(15)6(3-17)22-12/h4-12,16-21H,1-3,13-15H2/t4-,5+,6-,7+,8+,9-,10+,11+,12+/m0/s1. The first-order valence-electron chi connectivity index (χ1n) is 7.24. The molecule has 0 saturated carbocycles. The van der Waals surface area contributed by atoms with Crippen molar-refractivity contribution in [2.75, 3.05) is 19.8 Å². The lowest BCUT2D eigenvalue weighted by molar-refractivity contribution is -0.300. The van der Waals surface area contributed by atoms with Gasteiger partial charge >= 0.3 is 0 Å². The van der Waals surface area contributed by atoms with Crippen molar-refractivity contribution >= 4 is 0 Å². The molecule has 1 aliphatic heterocycles. The van der Waals surface area contributed by atoms with Crippen LogP contribution in [0.15, 0.2) is 0 Å². The van der Waals surface area contributed by atoms with Gasteiger partial charge in [0, 0.05) is 6.54 Å². The zero-order valence-corrected chi connectivity index (χ0v) is 12.5. The first kappa shape index (κ1) is 20.6. The fraction of sp³-hybridized carbons (Fsp3) is 1.00. The first-order chi connectivity index (χ1) is 10.8. The molecule has 0 radical (unpaired) electrons. The van der Waals surface area contributed by atoms with Crippen molar-refractivity contribution in [1.82, 2.24) is 0 Å². The third-order valence-electron chi connectivity index (χ3n) is 3.86. The summed E-state index contributed by atoms with van der Waals surface area (Å²) in [6, 6.07) is -2.28. The fourth-order valence-electron chi connectivity index (χ4n) is 2.30. The Hall–Kier alpha value is -0.440. The molecule has 1 saturated heterocycles. The van der Waals surface area contributed by atoms with Crippen LogP contribution in [0, 0.1) is 0 Å². The monoisotopic (exact) mass is 341 g/mol. The van der Waals surface area contributed by atoms with Gasteiger partial charge in [0.25, 0.3) is 0 Å². The number of rotatable bonds is 8. The van der Waals surface area contributed by atoms with Crippen LogP contribution in [-0.2, 0) is 9.47 Å². The Balaban J connectivity index is 2.89. The zero-order chi connectivity index (χ0) is 17.7. The molecule has 138 valence electrons. The quantitative estimate of drug-likeness (QED) is 0.202. The Morgan fingerprint density at radius 3 is 2.17 bits per heavy atom. The van der Waals surface area contributed by atoms with Crippen LogP contribution >= 0.6 is 0 Å². The predicted octanol–water partition coefficient (Wildman–Crippen LogP) is -5.86. The molecule has 1 fully saturated rings. The van der Waals surface area contributed by atoms with Gasteiger partial charge in [-0.3, -0.25) is 0 Å². The Morgan fingerprint density at radius 1 is 1.09 bits per heavy atom. The summed E-state index contributed by atoms with van der Waals surface area (Å²) in [6.45, 7) is -1.48. The molecule has 0 aliphatic carbocycles. The minimum Gasteiger partial charge on any atom is -0.394 e. The summed E-state index contributed by atoms with van der Waals surface area (Å²) in [6.07, 6.45) is -9.54. The van der Waals surface area contributed by atoms with E-state index in [1.165, 1.54) is 0 Å². The summed E-state index contributed by atoms with van der Waals surface area (Å²) in [5.41, 5.74) is 16.7. The molecule has 0 aromatic rings. The van der Waals surface area contributed by atoms with Crippen molar-refractivity contribution < 1.29 is 40.1 Å². The average Bonchev–Trinajstić information content (AvgIpc) is 2.57. The van der Waals surface area contributed by atoms with Crippen molar-refractivity contribution in [3.63, 3.8) is 0 Å². The zero-order valence-electron chi connectivity index (χ0n) is 12.5. The second kappa shape index (κ2) is 9.15. The maximum atomic E-state index is 9.97. The summed E-state index contributed by atoms with van der Waals surface area (Å²) in [4.78, 5) is 0. The van der Waals surface area contributed by atoms with Crippen LogP contribution in [-0.4, -0.2) is 105 Å². The highest BCUT2D eigenvalue weighted by Gasteiger charge is 2.45. The summed E-state index contributed by atoms with van der Waals surface area (Å²) in [7, 11) is 0. The van der Waals surface area contributed by atoms with Gasteiger partial charge in [-0.25, -0.2) is 0 Å². The number of ether oxygens (including phenoxy) is 2. The molecule has 0 unspecified atom stereocenters. The highest BCUT2D eigenvalue weighted by molar-refractivity contribution is 4.94. The van der Waals surface area contributed by atoms with Gasteiger partial charge in [0.05, 0.1) is 37.5 Å². The van der Waals surface area contributed by atoms with E-state index in [9.17, 15) is 25.5 Å². The Labute approximate surface area is 133 Å². The SMILES string of the molecule is NC[C@H](O)[C@@H](O[C@H]1O[C@@H](CO)[C@@H](N)[C@H](O)[C@H]1O)[C@H](N)[C@H](O)CO. The summed E-state index contributed by atoms with van der Waals surface area (Å²) >= 11 is 0. The number of hydrogen-bond acceptors (Lipinski definition) is 11. The molecule has 23 heavy (non-hydrogen) atoms. The van der Waals surface area contributed by atoms with Gasteiger partial charge in [0.15, 0.2) is 6.29 Å². The molecule has 0 aromatic heterocycles. The lowest BCUT2D eigenvalue weighted by atomic mass is 9.96. The third kappa shape index (κ3) is 4.78. The van der Waals surface area contributed by atoms with Gasteiger partial charge in [-0.2, -0.15) is 0 Å². The Kier molecular flexibility index (Phi) is 8.20. The lowest BCUT2D eigenvalue weighted by Crippen LogP contribution is -2.65. The van der Waals surface area contributed by atoms with Crippen LogP contribution < -0.4 is 17.2 Å². The van der Waals surface area contributed by atoms with Crippen molar-refractivity contribution in [2.45, 2.75) is 55.0 Å². The van der Waals surface area contributed by atoms with Crippen molar-refractivity contribution in [3.8, 4) is 0 Å². The molecular formula is C12H27N3O8. The van der Waals surface area contributed by atoms with Crippen molar-refractivity contribution in [3.05, 3.63) is 0 Å². The molecule has 0 aromatic carbocycles. The van der Waals surface area contributed by atoms with Gasteiger partial charge in [-0.15, -0.1) is 0 Å². The molecule has 11 nitrogen and oxygen atoms in total. The van der Waals surface area contributed by atoms with Crippen LogP contribution in [0.1, 0.15) is 0 Å². The topological polar surface area (TPSA) is 218 Å². The molecule has 1 aliphatic rings. The van der Waals surface area contributed by atoms with E-state index in [2.05, 4.69) is 0 Å². The summed E-state index contributed by atoms with van der Waals surface area (Å²) in [5, 5.41) is 57.5. The van der Waals surface area contributed by atoms with E-state index in [0.717, 1.165) is 0 Å². The number of aliphatic hydroxyl groups is 6. The van der Waals surface area contributed by atoms with Gasteiger partial charge in [-0.1, -0.05) is 0 Å². The molecule has 0 amide bonds. The van der Waals surface area contributed by atoms with Crippen LogP contribution in [0.3, 0.4) is 0 Å². The molecule has 9 atom stereocenters. The van der Waals surface area contributed by atoms with E-state index in [-0.39, 0.29) is 6.54 Å². The smallest absolute Gasteiger partial charge is 0.187 e. The molecular weight excluding hydrogens is 314 g/mol. The Bertz CT molecular complexity index is 350. The minimum absolute atomic E-state index is 0.273.